The normalized spacial score (nSPS) is 11.0. The van der Waals surface area contributed by atoms with Crippen molar-refractivity contribution in [3.8, 4) is 11.5 Å². The van der Waals surface area contributed by atoms with Crippen molar-refractivity contribution < 1.29 is 14.3 Å². The van der Waals surface area contributed by atoms with Crippen molar-refractivity contribution in [3.05, 3.63) is 59.2 Å². The summed E-state index contributed by atoms with van der Waals surface area (Å²) in [5, 5.41) is 6.52. The summed E-state index contributed by atoms with van der Waals surface area (Å²) in [7, 11) is 3.38. The highest BCUT2D eigenvalue weighted by molar-refractivity contribution is 5.79. The Hall–Kier alpha value is -3.22. The van der Waals surface area contributed by atoms with E-state index in [0.717, 1.165) is 22.4 Å². The molecule has 27 heavy (non-hydrogen) atoms. The van der Waals surface area contributed by atoms with Crippen molar-refractivity contribution in [2.45, 2.75) is 20.0 Å². The molecule has 7 heteroatoms. The largest absolute Gasteiger partial charge is 0.496 e. The van der Waals surface area contributed by atoms with E-state index < -0.39 is 5.91 Å². The minimum atomic E-state index is -0.505. The van der Waals surface area contributed by atoms with Gasteiger partial charge in [-0.1, -0.05) is 24.3 Å². The van der Waals surface area contributed by atoms with E-state index in [0.29, 0.717) is 24.8 Å². The number of carbonyl (C=O) groups excluding carboxylic acids is 1. The van der Waals surface area contributed by atoms with Crippen molar-refractivity contribution in [1.29, 1.82) is 0 Å². The monoisotopic (exact) mass is 370 g/mol. The minimum Gasteiger partial charge on any atom is -0.496 e. The van der Waals surface area contributed by atoms with E-state index in [1.165, 1.54) is 0 Å². The number of nitrogens with two attached hydrogens (primary N) is 1. The molecule has 0 aromatic heterocycles. The molecule has 0 fully saturated rings. The van der Waals surface area contributed by atoms with Crippen molar-refractivity contribution in [2.24, 2.45) is 10.7 Å². The highest BCUT2D eigenvalue weighted by Gasteiger charge is 2.05. The van der Waals surface area contributed by atoms with Crippen molar-refractivity contribution >= 4 is 11.9 Å². The quantitative estimate of drug-likeness (QED) is 0.486. The van der Waals surface area contributed by atoms with Gasteiger partial charge in [-0.15, -0.1) is 0 Å². The zero-order chi connectivity index (χ0) is 19.6. The number of nitrogens with zero attached hydrogens (tertiary/aromatic N) is 1. The molecule has 0 atom stereocenters. The molecule has 0 aliphatic heterocycles. The van der Waals surface area contributed by atoms with Crippen molar-refractivity contribution in [3.63, 3.8) is 0 Å². The lowest BCUT2D eigenvalue weighted by Crippen LogP contribution is -2.36. The van der Waals surface area contributed by atoms with E-state index in [1.807, 2.05) is 43.3 Å². The molecule has 0 aliphatic rings. The van der Waals surface area contributed by atoms with E-state index in [2.05, 4.69) is 15.6 Å². The molecule has 4 N–H and O–H groups in total. The number of benzene rings is 2. The Labute approximate surface area is 159 Å². The summed E-state index contributed by atoms with van der Waals surface area (Å²) in [6, 6.07) is 13.5. The number of hydrogen-bond donors (Lipinski definition) is 3. The number of hydrogen-bond acceptors (Lipinski definition) is 4. The van der Waals surface area contributed by atoms with E-state index in [1.54, 1.807) is 20.2 Å². The van der Waals surface area contributed by atoms with Crippen LogP contribution in [0.1, 0.15) is 16.7 Å². The van der Waals surface area contributed by atoms with Gasteiger partial charge in [-0.2, -0.15) is 0 Å². The van der Waals surface area contributed by atoms with Crippen LogP contribution in [0.5, 0.6) is 11.5 Å². The SMILES string of the molecule is CN=C(NCc1cccc(OCC(N)=O)c1)NCc1ccc(C)cc1OC. The van der Waals surface area contributed by atoms with Crippen molar-refractivity contribution in [1.82, 2.24) is 10.6 Å². The number of methoxy groups -OCH3 is 1. The summed E-state index contributed by atoms with van der Waals surface area (Å²) in [6.07, 6.45) is 0. The maximum atomic E-state index is 10.8. The molecular formula is C20H26N4O3. The second-order valence-electron chi connectivity index (χ2n) is 6.00. The average molecular weight is 370 g/mol. The summed E-state index contributed by atoms with van der Waals surface area (Å²) in [4.78, 5) is 15.1. The Kier molecular flexibility index (Phi) is 7.49. The van der Waals surface area contributed by atoms with Crippen LogP contribution in [0.4, 0.5) is 0 Å². The lowest BCUT2D eigenvalue weighted by atomic mass is 10.1. The summed E-state index contributed by atoms with van der Waals surface area (Å²) >= 11 is 0. The van der Waals surface area contributed by atoms with Crippen LogP contribution in [0.15, 0.2) is 47.5 Å². The molecule has 0 aliphatic carbocycles. The topological polar surface area (TPSA) is 98.0 Å². The molecule has 0 unspecified atom stereocenters. The first-order chi connectivity index (χ1) is 13.0. The van der Waals surface area contributed by atoms with E-state index >= 15 is 0 Å². The Bertz CT molecular complexity index is 806. The molecule has 0 heterocycles. The molecule has 144 valence electrons. The first kappa shape index (κ1) is 20.1. The van der Waals surface area contributed by atoms with Crippen molar-refractivity contribution in [2.75, 3.05) is 20.8 Å². The summed E-state index contributed by atoms with van der Waals surface area (Å²) in [5.41, 5.74) is 8.29. The lowest BCUT2D eigenvalue weighted by molar-refractivity contribution is -0.119. The Balaban J connectivity index is 1.91. The molecule has 7 nitrogen and oxygen atoms in total. The second kappa shape index (κ2) is 10.1. The molecule has 2 rings (SSSR count). The molecule has 2 aromatic rings. The number of ether oxygens (including phenoxy) is 2. The number of amides is 1. The van der Waals surface area contributed by atoms with E-state index in [9.17, 15) is 4.79 Å². The van der Waals surface area contributed by atoms with Gasteiger partial charge < -0.3 is 25.8 Å². The van der Waals surface area contributed by atoms with Gasteiger partial charge in [0.2, 0.25) is 0 Å². The fourth-order valence-electron chi connectivity index (χ4n) is 2.48. The highest BCUT2D eigenvalue weighted by Crippen LogP contribution is 2.19. The predicted octanol–water partition coefficient (Wildman–Crippen LogP) is 1.73. The van der Waals surface area contributed by atoms with Gasteiger partial charge in [-0.05, 0) is 36.2 Å². The van der Waals surface area contributed by atoms with Crippen LogP contribution >= 0.6 is 0 Å². The summed E-state index contributed by atoms with van der Waals surface area (Å²) < 4.78 is 10.7. The zero-order valence-electron chi connectivity index (χ0n) is 15.9. The van der Waals surface area contributed by atoms with Gasteiger partial charge in [0.25, 0.3) is 5.91 Å². The standard InChI is InChI=1S/C20H26N4O3/c1-14-7-8-16(18(9-14)26-3)12-24-20(22-2)23-11-15-5-4-6-17(10-15)27-13-19(21)25/h4-10H,11-13H2,1-3H3,(H2,21,25)(H2,22,23,24). The molecule has 0 saturated heterocycles. The zero-order valence-corrected chi connectivity index (χ0v) is 15.9. The number of aliphatic imine (C=N–C) groups is 1. The third kappa shape index (κ3) is 6.54. The number of rotatable bonds is 8. The van der Waals surface area contributed by atoms with E-state index in [4.69, 9.17) is 15.2 Å². The number of carbonyl (C=O) groups is 1. The fourth-order valence-corrected chi connectivity index (χ4v) is 2.48. The number of guanidine groups is 1. The van der Waals surface area contributed by atoms with Gasteiger partial charge in [0.15, 0.2) is 12.6 Å². The average Bonchev–Trinajstić information content (AvgIpc) is 2.67. The Morgan fingerprint density at radius 3 is 2.63 bits per heavy atom. The van der Waals surface area contributed by atoms with Gasteiger partial charge in [-0.25, -0.2) is 0 Å². The molecule has 0 saturated carbocycles. The van der Waals surface area contributed by atoms with Gasteiger partial charge in [0, 0.05) is 25.7 Å². The third-order valence-electron chi connectivity index (χ3n) is 3.85. The van der Waals surface area contributed by atoms with Crippen LogP contribution in [0.2, 0.25) is 0 Å². The van der Waals surface area contributed by atoms with Gasteiger partial charge >= 0.3 is 0 Å². The van der Waals surface area contributed by atoms with Gasteiger partial charge in [0.1, 0.15) is 11.5 Å². The smallest absolute Gasteiger partial charge is 0.255 e. The highest BCUT2D eigenvalue weighted by atomic mass is 16.5. The van der Waals surface area contributed by atoms with Crippen LogP contribution in [0, 0.1) is 6.92 Å². The predicted molar refractivity (Wildman–Crippen MR) is 106 cm³/mol. The first-order valence-corrected chi connectivity index (χ1v) is 8.60. The minimum absolute atomic E-state index is 0.140. The summed E-state index contributed by atoms with van der Waals surface area (Å²) in [5.74, 6) is 1.61. The van der Waals surface area contributed by atoms with Crippen LogP contribution in [0.25, 0.3) is 0 Å². The number of aryl methyl sites for hydroxylation is 1. The maximum absolute atomic E-state index is 10.8. The van der Waals surface area contributed by atoms with Gasteiger partial charge in [-0.3, -0.25) is 9.79 Å². The Morgan fingerprint density at radius 1 is 1.15 bits per heavy atom. The second-order valence-corrected chi connectivity index (χ2v) is 6.00. The molecule has 1 amide bonds. The number of nitrogens with one attached hydrogen (secondary N) is 2. The fraction of sp³-hybridized carbons (Fsp3) is 0.300. The van der Waals surface area contributed by atoms with Crippen LogP contribution in [-0.4, -0.2) is 32.6 Å². The molecule has 0 spiro atoms. The molecule has 0 radical (unpaired) electrons. The Morgan fingerprint density at radius 2 is 1.93 bits per heavy atom. The first-order valence-electron chi connectivity index (χ1n) is 8.60. The van der Waals surface area contributed by atoms with E-state index in [-0.39, 0.29) is 6.61 Å². The van der Waals surface area contributed by atoms with Gasteiger partial charge in [0.05, 0.1) is 7.11 Å². The molecule has 0 bridgehead atoms. The third-order valence-corrected chi connectivity index (χ3v) is 3.85. The van der Waals surface area contributed by atoms with Crippen LogP contribution in [-0.2, 0) is 17.9 Å². The molecular weight excluding hydrogens is 344 g/mol. The lowest BCUT2D eigenvalue weighted by Gasteiger charge is -2.14. The maximum Gasteiger partial charge on any atom is 0.255 e. The molecule has 2 aromatic carbocycles. The van der Waals surface area contributed by atoms with Crippen LogP contribution in [0.3, 0.4) is 0 Å². The van der Waals surface area contributed by atoms with Crippen LogP contribution < -0.4 is 25.8 Å². The number of primary amides is 1. The summed E-state index contributed by atoms with van der Waals surface area (Å²) in [6.45, 7) is 3.03.